The lowest BCUT2D eigenvalue weighted by atomic mass is 10.1. The van der Waals surface area contributed by atoms with Crippen LogP contribution in [0.2, 0.25) is 5.02 Å². The van der Waals surface area contributed by atoms with Gasteiger partial charge in [-0.1, -0.05) is 35.9 Å². The van der Waals surface area contributed by atoms with Crippen molar-refractivity contribution in [2.75, 3.05) is 12.4 Å². The highest BCUT2D eigenvalue weighted by Crippen LogP contribution is 2.37. The van der Waals surface area contributed by atoms with Gasteiger partial charge in [-0.25, -0.2) is 0 Å². The highest BCUT2D eigenvalue weighted by molar-refractivity contribution is 6.32. The van der Waals surface area contributed by atoms with Crippen molar-refractivity contribution in [3.63, 3.8) is 0 Å². The predicted octanol–water partition coefficient (Wildman–Crippen LogP) is 6.00. The number of rotatable bonds is 8. The number of hydrogen-bond donors (Lipinski definition) is 1. The fraction of sp³-hybridized carbons (Fsp3) is 0.154. The Kier molecular flexibility index (Phi) is 8.08. The average molecular weight is 492 g/mol. The first-order valence-electron chi connectivity index (χ1n) is 10.5. The molecule has 9 heteroatoms. The number of anilines is 1. The molecule has 0 radical (unpaired) electrons. The van der Waals surface area contributed by atoms with E-state index in [0.717, 1.165) is 11.1 Å². The summed E-state index contributed by atoms with van der Waals surface area (Å²) in [4.78, 5) is 23.0. The zero-order valence-electron chi connectivity index (χ0n) is 19.3. The Balaban J connectivity index is 1.82. The second-order valence-corrected chi connectivity index (χ2v) is 8.08. The van der Waals surface area contributed by atoms with Crippen molar-refractivity contribution >= 4 is 35.0 Å². The third-order valence-electron chi connectivity index (χ3n) is 5.20. The molecule has 178 valence electrons. The van der Waals surface area contributed by atoms with Gasteiger partial charge in [-0.3, -0.25) is 14.9 Å². The molecule has 0 aliphatic rings. The number of benzene rings is 3. The normalized spacial score (nSPS) is 10.9. The fourth-order valence-electron chi connectivity index (χ4n) is 3.22. The molecule has 3 aromatic carbocycles. The highest BCUT2D eigenvalue weighted by Gasteiger charge is 2.15. The van der Waals surface area contributed by atoms with Crippen LogP contribution in [0.1, 0.15) is 22.3 Å². The number of nitriles is 1. The van der Waals surface area contributed by atoms with Crippen molar-refractivity contribution in [2.24, 2.45) is 0 Å². The number of nitro benzene ring substituents is 1. The number of halogens is 1. The minimum Gasteiger partial charge on any atom is -0.493 e. The van der Waals surface area contributed by atoms with E-state index in [-0.39, 0.29) is 28.6 Å². The van der Waals surface area contributed by atoms with Gasteiger partial charge in [-0.15, -0.1) is 0 Å². The second-order valence-electron chi connectivity index (χ2n) is 7.67. The van der Waals surface area contributed by atoms with E-state index in [0.29, 0.717) is 17.1 Å². The Bertz CT molecular complexity index is 1360. The molecular formula is C26H22ClN3O5. The van der Waals surface area contributed by atoms with Crippen LogP contribution in [0.3, 0.4) is 0 Å². The van der Waals surface area contributed by atoms with Crippen LogP contribution in [-0.4, -0.2) is 17.9 Å². The SMILES string of the molecule is COc1cc(/C=C(\C#N)C(=O)Nc2cccc([N+](=O)[O-])c2)cc(Cl)c1OCc1ccc(C)c(C)c1. The molecule has 0 saturated heterocycles. The first kappa shape index (κ1) is 25.3. The Morgan fingerprint density at radius 2 is 1.94 bits per heavy atom. The number of carbonyl (C=O) groups excluding carboxylic acids is 1. The Morgan fingerprint density at radius 1 is 1.17 bits per heavy atom. The molecule has 1 N–H and O–H groups in total. The van der Waals surface area contributed by atoms with Gasteiger partial charge >= 0.3 is 0 Å². The first-order valence-corrected chi connectivity index (χ1v) is 10.8. The van der Waals surface area contributed by atoms with Crippen molar-refractivity contribution in [3.05, 3.63) is 97.6 Å². The summed E-state index contributed by atoms with van der Waals surface area (Å²) in [6.07, 6.45) is 1.34. The van der Waals surface area contributed by atoms with Crippen LogP contribution in [0.4, 0.5) is 11.4 Å². The summed E-state index contributed by atoms with van der Waals surface area (Å²) in [6, 6.07) is 16.4. The van der Waals surface area contributed by atoms with Crippen LogP contribution in [0.25, 0.3) is 6.08 Å². The van der Waals surface area contributed by atoms with Crippen LogP contribution in [0, 0.1) is 35.3 Å². The number of nitrogens with one attached hydrogen (secondary N) is 1. The molecule has 0 aliphatic heterocycles. The molecule has 35 heavy (non-hydrogen) atoms. The first-order chi connectivity index (χ1) is 16.7. The number of methoxy groups -OCH3 is 1. The van der Waals surface area contributed by atoms with Crippen LogP contribution < -0.4 is 14.8 Å². The number of non-ortho nitro benzene ring substituents is 1. The number of nitro groups is 1. The standard InChI is InChI=1S/C26H22ClN3O5/c1-16-7-8-18(9-17(16)2)15-35-25-23(27)11-19(12-24(25)34-3)10-20(14-28)26(31)29-21-5-4-6-22(13-21)30(32)33/h4-13H,15H2,1-3H3,(H,29,31)/b20-10+. The number of amides is 1. The van der Waals surface area contributed by atoms with Crippen molar-refractivity contribution in [1.29, 1.82) is 5.26 Å². The van der Waals surface area contributed by atoms with Crippen LogP contribution in [0.5, 0.6) is 11.5 Å². The molecule has 0 aromatic heterocycles. The monoisotopic (exact) mass is 491 g/mol. The van der Waals surface area contributed by atoms with Crippen molar-refractivity contribution in [2.45, 2.75) is 20.5 Å². The van der Waals surface area contributed by atoms with Crippen LogP contribution >= 0.6 is 11.6 Å². The van der Waals surface area contributed by atoms with Gasteiger partial charge in [0.1, 0.15) is 18.2 Å². The van der Waals surface area contributed by atoms with E-state index < -0.39 is 10.8 Å². The summed E-state index contributed by atoms with van der Waals surface area (Å²) < 4.78 is 11.3. The van der Waals surface area contributed by atoms with Crippen molar-refractivity contribution in [3.8, 4) is 17.6 Å². The highest BCUT2D eigenvalue weighted by atomic mass is 35.5. The molecule has 0 unspecified atom stereocenters. The van der Waals surface area contributed by atoms with E-state index in [1.165, 1.54) is 43.0 Å². The lowest BCUT2D eigenvalue weighted by Gasteiger charge is -2.14. The maximum absolute atomic E-state index is 12.6. The minimum atomic E-state index is -0.724. The smallest absolute Gasteiger partial charge is 0.271 e. The van der Waals surface area contributed by atoms with Crippen LogP contribution in [-0.2, 0) is 11.4 Å². The molecule has 3 aromatic rings. The number of hydrogen-bond acceptors (Lipinski definition) is 6. The molecule has 3 rings (SSSR count). The van der Waals surface area contributed by atoms with Gasteiger partial charge in [0.15, 0.2) is 11.5 Å². The van der Waals surface area contributed by atoms with E-state index >= 15 is 0 Å². The third-order valence-corrected chi connectivity index (χ3v) is 5.48. The van der Waals surface area contributed by atoms with Crippen molar-refractivity contribution < 1.29 is 19.2 Å². The van der Waals surface area contributed by atoms with Crippen LogP contribution in [0.15, 0.2) is 60.2 Å². The molecular weight excluding hydrogens is 470 g/mol. The molecule has 0 heterocycles. The van der Waals surface area contributed by atoms with Gasteiger partial charge in [-0.05, 0) is 60.4 Å². The number of nitrogens with zero attached hydrogens (tertiary/aromatic N) is 2. The fourth-order valence-corrected chi connectivity index (χ4v) is 3.50. The average Bonchev–Trinajstić information content (AvgIpc) is 2.83. The molecule has 0 spiro atoms. The Hall–Kier alpha value is -4.35. The molecule has 1 amide bonds. The zero-order chi connectivity index (χ0) is 25.5. The summed E-state index contributed by atoms with van der Waals surface area (Å²) in [6.45, 7) is 4.34. The number of ether oxygens (including phenoxy) is 2. The van der Waals surface area contributed by atoms with E-state index in [9.17, 15) is 20.2 Å². The zero-order valence-corrected chi connectivity index (χ0v) is 20.1. The van der Waals surface area contributed by atoms with E-state index in [1.54, 1.807) is 12.1 Å². The lowest BCUT2D eigenvalue weighted by molar-refractivity contribution is -0.384. The summed E-state index contributed by atoms with van der Waals surface area (Å²) in [5.74, 6) is -0.0498. The molecule has 0 aliphatic carbocycles. The van der Waals surface area contributed by atoms with Crippen molar-refractivity contribution in [1.82, 2.24) is 0 Å². The van der Waals surface area contributed by atoms with E-state index in [1.807, 2.05) is 38.1 Å². The number of aryl methyl sites for hydroxylation is 2. The van der Waals surface area contributed by atoms with Gasteiger partial charge in [0.2, 0.25) is 0 Å². The Morgan fingerprint density at radius 3 is 2.60 bits per heavy atom. The third kappa shape index (κ3) is 6.37. The molecule has 0 bridgehead atoms. The largest absolute Gasteiger partial charge is 0.493 e. The van der Waals surface area contributed by atoms with Gasteiger partial charge < -0.3 is 14.8 Å². The second kappa shape index (κ2) is 11.2. The molecule has 0 atom stereocenters. The summed E-state index contributed by atoms with van der Waals surface area (Å²) in [5, 5.41) is 23.2. The maximum Gasteiger partial charge on any atom is 0.271 e. The molecule has 8 nitrogen and oxygen atoms in total. The predicted molar refractivity (Wildman–Crippen MR) is 134 cm³/mol. The summed E-state index contributed by atoms with van der Waals surface area (Å²) in [5.41, 5.74) is 3.53. The topological polar surface area (TPSA) is 114 Å². The summed E-state index contributed by atoms with van der Waals surface area (Å²) in [7, 11) is 1.46. The van der Waals surface area contributed by atoms with Gasteiger partial charge in [0.05, 0.1) is 17.1 Å². The quantitative estimate of drug-likeness (QED) is 0.179. The minimum absolute atomic E-state index is 0.182. The summed E-state index contributed by atoms with van der Waals surface area (Å²) >= 11 is 6.44. The Labute approximate surface area is 207 Å². The van der Waals surface area contributed by atoms with E-state index in [4.69, 9.17) is 21.1 Å². The number of carbonyl (C=O) groups is 1. The van der Waals surface area contributed by atoms with Gasteiger partial charge in [-0.2, -0.15) is 5.26 Å². The van der Waals surface area contributed by atoms with Gasteiger partial charge in [0.25, 0.3) is 11.6 Å². The molecule has 0 saturated carbocycles. The maximum atomic E-state index is 12.6. The van der Waals surface area contributed by atoms with E-state index in [2.05, 4.69) is 5.32 Å². The van der Waals surface area contributed by atoms with Gasteiger partial charge in [0, 0.05) is 17.8 Å². The lowest BCUT2D eigenvalue weighted by Crippen LogP contribution is -2.13. The molecule has 0 fully saturated rings.